The van der Waals surface area contributed by atoms with Gasteiger partial charge in [-0.3, -0.25) is 4.99 Å². The molecule has 0 radical (unpaired) electrons. The van der Waals surface area contributed by atoms with E-state index in [9.17, 15) is 14.7 Å². The van der Waals surface area contributed by atoms with Gasteiger partial charge in [-0.05, 0) is 43.6 Å². The van der Waals surface area contributed by atoms with Crippen molar-refractivity contribution in [1.29, 1.82) is 0 Å². The van der Waals surface area contributed by atoms with Crippen LogP contribution in [0.2, 0.25) is 0 Å². The summed E-state index contributed by atoms with van der Waals surface area (Å²) in [5, 5.41) is 11.4. The monoisotopic (exact) mass is 385 g/mol. The Hall–Kier alpha value is -2.21. The molecule has 1 aliphatic heterocycles. The lowest BCUT2D eigenvalue weighted by atomic mass is 9.43. The van der Waals surface area contributed by atoms with Gasteiger partial charge in [-0.2, -0.15) is 0 Å². The van der Waals surface area contributed by atoms with Crippen LogP contribution >= 0.6 is 0 Å². The van der Waals surface area contributed by atoms with Crippen LogP contribution in [0.4, 0.5) is 0 Å². The summed E-state index contributed by atoms with van der Waals surface area (Å²) in [6.07, 6.45) is 1.71. The fourth-order valence-electron chi connectivity index (χ4n) is 5.30. The van der Waals surface area contributed by atoms with Gasteiger partial charge in [0.15, 0.2) is 11.6 Å². The maximum absolute atomic E-state index is 13.1. The Bertz CT molecular complexity index is 848. The normalized spacial score (nSPS) is 34.8. The second-order valence-corrected chi connectivity index (χ2v) is 8.87. The van der Waals surface area contributed by atoms with Crippen LogP contribution in [-0.4, -0.2) is 41.0 Å². The Morgan fingerprint density at radius 1 is 1.32 bits per heavy atom. The molecule has 0 amide bonds. The number of nitrogens with zero attached hydrogens (tertiary/aromatic N) is 1. The fourth-order valence-corrected chi connectivity index (χ4v) is 5.30. The van der Waals surface area contributed by atoms with Crippen molar-refractivity contribution in [2.75, 3.05) is 6.61 Å². The number of aliphatic hydroxyl groups is 1. The zero-order valence-corrected chi connectivity index (χ0v) is 16.8. The topological polar surface area (TPSA) is 85.2 Å². The van der Waals surface area contributed by atoms with Crippen LogP contribution in [0.3, 0.4) is 0 Å². The third kappa shape index (κ3) is 2.40. The summed E-state index contributed by atoms with van der Waals surface area (Å²) in [5.41, 5.74) is -1.89. The van der Waals surface area contributed by atoms with E-state index in [1.165, 1.54) is 0 Å². The van der Waals surface area contributed by atoms with Crippen molar-refractivity contribution >= 4 is 17.7 Å². The standard InChI is InChI=1S/C22H27NO5/c1-5-27-19(25)22(26,13-9-7-6-8-10-13)17-18(24)28-21(4)15-11-14(20(15,2)3)12-16(21)23-17/h6-10,14-15,17,26H,5,11-12H2,1-4H3/t14-,15-,17+,21-,22?/m0/s1. The largest absolute Gasteiger partial charge is 0.464 e. The van der Waals surface area contributed by atoms with Gasteiger partial charge in [0.1, 0.15) is 0 Å². The predicted molar refractivity (Wildman–Crippen MR) is 103 cm³/mol. The number of carbonyl (C=O) groups excluding carboxylic acids is 2. The maximum Gasteiger partial charge on any atom is 0.345 e. The van der Waals surface area contributed by atoms with E-state index < -0.39 is 29.2 Å². The van der Waals surface area contributed by atoms with Gasteiger partial charge >= 0.3 is 11.9 Å². The van der Waals surface area contributed by atoms with Gasteiger partial charge in [-0.15, -0.1) is 0 Å². The number of aliphatic imine (C=N–C) groups is 1. The molecule has 3 fully saturated rings. The Balaban J connectivity index is 1.79. The number of rotatable bonds is 4. The Kier molecular flexibility index (Phi) is 4.20. The van der Waals surface area contributed by atoms with Gasteiger partial charge in [-0.1, -0.05) is 44.2 Å². The van der Waals surface area contributed by atoms with Crippen LogP contribution in [0.25, 0.3) is 0 Å². The molecule has 6 nitrogen and oxygen atoms in total. The molecule has 1 N–H and O–H groups in total. The van der Waals surface area contributed by atoms with Gasteiger partial charge in [0.2, 0.25) is 5.60 Å². The van der Waals surface area contributed by atoms with E-state index in [2.05, 4.69) is 18.8 Å². The first-order chi connectivity index (χ1) is 13.2. The molecule has 150 valence electrons. The van der Waals surface area contributed by atoms with E-state index in [0.29, 0.717) is 12.3 Å². The Morgan fingerprint density at radius 3 is 2.61 bits per heavy atom. The van der Waals surface area contributed by atoms with E-state index in [1.807, 2.05) is 6.92 Å². The highest BCUT2D eigenvalue weighted by molar-refractivity contribution is 6.03. The van der Waals surface area contributed by atoms with Gasteiger partial charge in [0, 0.05) is 5.92 Å². The third-order valence-corrected chi connectivity index (χ3v) is 7.17. The number of hydrogen-bond acceptors (Lipinski definition) is 6. The summed E-state index contributed by atoms with van der Waals surface area (Å²) in [6, 6.07) is 6.98. The second-order valence-electron chi connectivity index (χ2n) is 8.87. The zero-order valence-electron chi connectivity index (χ0n) is 16.8. The summed E-state index contributed by atoms with van der Waals surface area (Å²) < 4.78 is 11.1. The molecule has 0 saturated heterocycles. The summed E-state index contributed by atoms with van der Waals surface area (Å²) in [4.78, 5) is 30.5. The number of ether oxygens (including phenoxy) is 2. The van der Waals surface area contributed by atoms with Crippen molar-refractivity contribution in [3.8, 4) is 0 Å². The fraction of sp³-hybridized carbons (Fsp3) is 0.591. The lowest BCUT2D eigenvalue weighted by molar-refractivity contribution is -0.199. The molecule has 5 rings (SSSR count). The van der Waals surface area contributed by atoms with E-state index >= 15 is 0 Å². The minimum absolute atomic E-state index is 0.0811. The molecular weight excluding hydrogens is 358 g/mol. The molecular formula is C22H27NO5. The van der Waals surface area contributed by atoms with Crippen LogP contribution in [0.15, 0.2) is 35.3 Å². The quantitative estimate of drug-likeness (QED) is 0.806. The first-order valence-electron chi connectivity index (χ1n) is 9.90. The summed E-state index contributed by atoms with van der Waals surface area (Å²) in [5.74, 6) is -0.923. The lowest BCUT2D eigenvalue weighted by Crippen LogP contribution is -2.69. The average Bonchev–Trinajstić information content (AvgIpc) is 2.66. The molecule has 1 aromatic rings. The molecule has 0 aromatic heterocycles. The molecule has 6 heteroatoms. The molecule has 1 unspecified atom stereocenters. The molecule has 5 atom stereocenters. The molecule has 1 heterocycles. The minimum atomic E-state index is -2.22. The highest BCUT2D eigenvalue weighted by Gasteiger charge is 2.67. The van der Waals surface area contributed by atoms with Crippen LogP contribution in [0.1, 0.15) is 46.1 Å². The molecule has 0 spiro atoms. The van der Waals surface area contributed by atoms with E-state index in [4.69, 9.17) is 9.47 Å². The lowest BCUT2D eigenvalue weighted by Gasteiger charge is -2.64. The summed E-state index contributed by atoms with van der Waals surface area (Å²) in [7, 11) is 0. The number of esters is 2. The number of carbonyl (C=O) groups is 2. The highest BCUT2D eigenvalue weighted by atomic mass is 16.6. The van der Waals surface area contributed by atoms with Crippen molar-refractivity contribution in [2.24, 2.45) is 22.2 Å². The zero-order chi connectivity index (χ0) is 20.3. The SMILES string of the molecule is CCOC(=O)C(O)(c1ccccc1)[C@@H]1N=C2C[C@@H]3C[C@@H](C3(C)C)[C@]2(C)OC1=O. The Morgan fingerprint density at radius 2 is 2.00 bits per heavy atom. The molecule has 2 bridgehead atoms. The maximum atomic E-state index is 13.1. The minimum Gasteiger partial charge on any atom is -0.464 e. The average molecular weight is 385 g/mol. The summed E-state index contributed by atoms with van der Waals surface area (Å²) >= 11 is 0. The van der Waals surface area contributed by atoms with Crippen LogP contribution in [0, 0.1) is 17.3 Å². The van der Waals surface area contributed by atoms with Crippen molar-refractivity contribution in [1.82, 2.24) is 0 Å². The molecule has 3 saturated carbocycles. The van der Waals surface area contributed by atoms with Gasteiger partial charge < -0.3 is 14.6 Å². The predicted octanol–water partition coefficient (Wildman–Crippen LogP) is 2.63. The first-order valence-corrected chi connectivity index (χ1v) is 9.90. The van der Waals surface area contributed by atoms with Crippen LogP contribution < -0.4 is 0 Å². The number of hydrogen-bond donors (Lipinski definition) is 1. The first kappa shape index (κ1) is 19.1. The van der Waals surface area contributed by atoms with Gasteiger partial charge in [-0.25, -0.2) is 9.59 Å². The van der Waals surface area contributed by atoms with Crippen molar-refractivity contribution in [3.63, 3.8) is 0 Å². The van der Waals surface area contributed by atoms with Crippen molar-refractivity contribution in [3.05, 3.63) is 35.9 Å². The molecule has 3 aliphatic carbocycles. The highest BCUT2D eigenvalue weighted by Crippen LogP contribution is 2.63. The van der Waals surface area contributed by atoms with Crippen LogP contribution in [0.5, 0.6) is 0 Å². The van der Waals surface area contributed by atoms with Crippen molar-refractivity contribution in [2.45, 2.75) is 57.8 Å². The third-order valence-electron chi connectivity index (χ3n) is 7.17. The van der Waals surface area contributed by atoms with Gasteiger partial charge in [0.05, 0.1) is 12.3 Å². The van der Waals surface area contributed by atoms with E-state index in [1.54, 1.807) is 37.3 Å². The molecule has 28 heavy (non-hydrogen) atoms. The van der Waals surface area contributed by atoms with Gasteiger partial charge in [0.25, 0.3) is 0 Å². The second kappa shape index (κ2) is 6.14. The Labute approximate surface area is 164 Å². The van der Waals surface area contributed by atoms with E-state index in [-0.39, 0.29) is 23.5 Å². The smallest absolute Gasteiger partial charge is 0.345 e. The van der Waals surface area contributed by atoms with Crippen LogP contribution in [-0.2, 0) is 24.7 Å². The number of benzene rings is 1. The molecule has 4 aliphatic rings. The molecule has 1 aromatic carbocycles. The van der Waals surface area contributed by atoms with Crippen molar-refractivity contribution < 1.29 is 24.2 Å². The summed E-state index contributed by atoms with van der Waals surface area (Å²) in [6.45, 7) is 8.05. The van der Waals surface area contributed by atoms with E-state index in [0.717, 1.165) is 12.1 Å².